The van der Waals surface area contributed by atoms with Gasteiger partial charge in [0, 0.05) is 35.4 Å². The van der Waals surface area contributed by atoms with Crippen LogP contribution in [-0.2, 0) is 27.2 Å². The molecule has 3 aromatic rings. The molecule has 0 aliphatic carbocycles. The largest absolute Gasteiger partial charge is 0.480 e. The van der Waals surface area contributed by atoms with Crippen LogP contribution in [0.3, 0.4) is 0 Å². The van der Waals surface area contributed by atoms with Crippen LogP contribution in [0.4, 0.5) is 0 Å². The van der Waals surface area contributed by atoms with Crippen LogP contribution < -0.4 is 16.4 Å². The molecule has 7 N–H and O–H groups in total. The summed E-state index contributed by atoms with van der Waals surface area (Å²) in [7, 11) is 0. The molecule has 0 bridgehead atoms. The molecule has 158 valence electrons. The lowest BCUT2D eigenvalue weighted by atomic mass is 10.0. The molecule has 0 saturated carbocycles. The average Bonchev–Trinajstić information content (AvgIpc) is 3.37. The molecule has 0 aliphatic rings. The van der Waals surface area contributed by atoms with Crippen molar-refractivity contribution >= 4 is 28.7 Å². The van der Waals surface area contributed by atoms with E-state index in [0.29, 0.717) is 12.1 Å². The molecule has 10 heteroatoms. The molecule has 2 amide bonds. The fourth-order valence-corrected chi connectivity index (χ4v) is 3.13. The number of aromatic amines is 2. The second-order valence-corrected chi connectivity index (χ2v) is 7.08. The first kappa shape index (κ1) is 21.1. The van der Waals surface area contributed by atoms with Gasteiger partial charge in [0.05, 0.1) is 12.4 Å². The highest BCUT2D eigenvalue weighted by Crippen LogP contribution is 2.18. The highest BCUT2D eigenvalue weighted by molar-refractivity contribution is 5.92. The highest BCUT2D eigenvalue weighted by Gasteiger charge is 2.26. The van der Waals surface area contributed by atoms with Crippen molar-refractivity contribution in [3.8, 4) is 0 Å². The van der Waals surface area contributed by atoms with Crippen molar-refractivity contribution in [3.05, 3.63) is 54.2 Å². The van der Waals surface area contributed by atoms with Crippen LogP contribution in [-0.4, -0.2) is 56.0 Å². The van der Waals surface area contributed by atoms with Crippen molar-refractivity contribution in [3.63, 3.8) is 0 Å². The number of nitrogens with zero attached hydrogens (tertiary/aromatic N) is 1. The Bertz CT molecular complexity index is 1030. The molecule has 0 radical (unpaired) electrons. The van der Waals surface area contributed by atoms with Crippen molar-refractivity contribution in [2.45, 2.75) is 37.9 Å². The third kappa shape index (κ3) is 5.03. The molecule has 30 heavy (non-hydrogen) atoms. The molecule has 3 unspecified atom stereocenters. The number of benzene rings is 1. The van der Waals surface area contributed by atoms with Crippen molar-refractivity contribution in [1.29, 1.82) is 0 Å². The first-order valence-electron chi connectivity index (χ1n) is 9.46. The normalized spacial score (nSPS) is 14.1. The lowest BCUT2D eigenvalue weighted by Crippen LogP contribution is -2.54. The molecule has 1 aromatic carbocycles. The molecule has 2 heterocycles. The van der Waals surface area contributed by atoms with E-state index in [9.17, 15) is 19.5 Å². The molecule has 3 rings (SSSR count). The maximum Gasteiger partial charge on any atom is 0.326 e. The molecule has 0 aliphatic heterocycles. The number of para-hydroxylation sites is 1. The van der Waals surface area contributed by atoms with Crippen LogP contribution in [0.5, 0.6) is 0 Å². The zero-order valence-corrected chi connectivity index (χ0v) is 16.4. The first-order valence-corrected chi connectivity index (χ1v) is 9.46. The van der Waals surface area contributed by atoms with E-state index in [1.54, 1.807) is 6.20 Å². The van der Waals surface area contributed by atoms with E-state index in [-0.39, 0.29) is 6.42 Å². The maximum absolute atomic E-state index is 12.4. The summed E-state index contributed by atoms with van der Waals surface area (Å²) in [5.74, 6) is -2.30. The number of hydrogen-bond donors (Lipinski definition) is 6. The van der Waals surface area contributed by atoms with Crippen LogP contribution in [0.1, 0.15) is 18.2 Å². The highest BCUT2D eigenvalue weighted by atomic mass is 16.4. The van der Waals surface area contributed by atoms with Gasteiger partial charge < -0.3 is 31.4 Å². The van der Waals surface area contributed by atoms with Gasteiger partial charge >= 0.3 is 5.97 Å². The number of carbonyl (C=O) groups excluding carboxylic acids is 2. The van der Waals surface area contributed by atoms with Crippen molar-refractivity contribution in [2.24, 2.45) is 5.73 Å². The summed E-state index contributed by atoms with van der Waals surface area (Å²) in [6.07, 6.45) is 5.05. The van der Waals surface area contributed by atoms with Gasteiger partial charge in [-0.15, -0.1) is 0 Å². The minimum atomic E-state index is -1.19. The Balaban J connectivity index is 1.55. The maximum atomic E-state index is 12.4. The van der Waals surface area contributed by atoms with E-state index in [0.717, 1.165) is 16.5 Å². The predicted molar refractivity (Wildman–Crippen MR) is 109 cm³/mol. The summed E-state index contributed by atoms with van der Waals surface area (Å²) in [5, 5.41) is 15.3. The standard InChI is InChI=1S/C20H24N6O4/c1-11(18(27)26-17(20(29)30)7-13-9-22-10-24-13)25-19(28)15(21)6-12-8-23-16-5-3-2-4-14(12)16/h2-5,8-11,15,17,23H,6-7,21H2,1H3,(H,22,24)(H,25,28)(H,26,27)(H,29,30). The van der Waals surface area contributed by atoms with E-state index >= 15 is 0 Å². The zero-order valence-electron chi connectivity index (χ0n) is 16.4. The number of carboxylic acid groups (broad SMARTS) is 1. The predicted octanol–water partition coefficient (Wildman–Crippen LogP) is 0.0776. The smallest absolute Gasteiger partial charge is 0.326 e. The van der Waals surface area contributed by atoms with Gasteiger partial charge in [0.15, 0.2) is 0 Å². The SMILES string of the molecule is CC(NC(=O)C(N)Cc1c[nH]c2ccccc12)C(=O)NC(Cc1cnc[nH]1)C(=O)O. The fraction of sp³-hybridized carbons (Fsp3) is 0.300. The number of rotatable bonds is 9. The third-order valence-electron chi connectivity index (χ3n) is 4.80. The summed E-state index contributed by atoms with van der Waals surface area (Å²) in [4.78, 5) is 46.0. The lowest BCUT2D eigenvalue weighted by Gasteiger charge is -2.20. The molecule has 0 saturated heterocycles. The number of imidazole rings is 1. The number of nitrogens with two attached hydrogens (primary N) is 1. The van der Waals surface area contributed by atoms with E-state index in [1.807, 2.05) is 24.3 Å². The molecule has 0 fully saturated rings. The summed E-state index contributed by atoms with van der Waals surface area (Å²) < 4.78 is 0. The lowest BCUT2D eigenvalue weighted by molar-refractivity contribution is -0.142. The van der Waals surface area contributed by atoms with Gasteiger partial charge in [0.25, 0.3) is 0 Å². The Morgan fingerprint density at radius 1 is 1.13 bits per heavy atom. The monoisotopic (exact) mass is 412 g/mol. The van der Waals surface area contributed by atoms with Crippen molar-refractivity contribution in [2.75, 3.05) is 0 Å². The molecular formula is C20H24N6O4. The third-order valence-corrected chi connectivity index (χ3v) is 4.80. The first-order chi connectivity index (χ1) is 14.3. The Labute approximate surface area is 172 Å². The Kier molecular flexibility index (Phi) is 6.48. The van der Waals surface area contributed by atoms with Crippen LogP contribution in [0.25, 0.3) is 10.9 Å². The van der Waals surface area contributed by atoms with E-state index in [1.165, 1.54) is 19.4 Å². The average molecular weight is 412 g/mol. The number of carbonyl (C=O) groups is 3. The van der Waals surface area contributed by atoms with Gasteiger partial charge in [-0.2, -0.15) is 0 Å². The van der Waals surface area contributed by atoms with Crippen molar-refractivity contribution in [1.82, 2.24) is 25.6 Å². The van der Waals surface area contributed by atoms with Crippen LogP contribution in [0.2, 0.25) is 0 Å². The molecule has 3 atom stereocenters. The Morgan fingerprint density at radius 3 is 2.60 bits per heavy atom. The summed E-state index contributed by atoms with van der Waals surface area (Å²) in [6, 6.07) is 4.71. The van der Waals surface area contributed by atoms with Crippen LogP contribution >= 0.6 is 0 Å². The molecular weight excluding hydrogens is 388 g/mol. The number of fused-ring (bicyclic) bond motifs is 1. The summed E-state index contributed by atoms with van der Waals surface area (Å²) in [5.41, 5.74) is 8.44. The van der Waals surface area contributed by atoms with E-state index in [2.05, 4.69) is 25.6 Å². The molecule has 10 nitrogen and oxygen atoms in total. The van der Waals surface area contributed by atoms with Gasteiger partial charge in [0.2, 0.25) is 11.8 Å². The second kappa shape index (κ2) is 9.23. The number of nitrogens with one attached hydrogen (secondary N) is 4. The summed E-state index contributed by atoms with van der Waals surface area (Å²) >= 11 is 0. The number of aromatic nitrogens is 3. The fourth-order valence-electron chi connectivity index (χ4n) is 3.13. The van der Waals surface area contributed by atoms with E-state index in [4.69, 9.17) is 5.73 Å². The minimum absolute atomic E-state index is 0.0435. The number of aliphatic carboxylic acids is 1. The quantitative estimate of drug-likeness (QED) is 0.291. The molecule has 2 aromatic heterocycles. The van der Waals surface area contributed by atoms with Gasteiger partial charge in [0.1, 0.15) is 12.1 Å². The second-order valence-electron chi connectivity index (χ2n) is 7.08. The summed E-state index contributed by atoms with van der Waals surface area (Å²) in [6.45, 7) is 1.47. The Morgan fingerprint density at radius 2 is 1.90 bits per heavy atom. The number of amides is 2. The van der Waals surface area contributed by atoms with Gasteiger partial charge in [-0.1, -0.05) is 18.2 Å². The zero-order chi connectivity index (χ0) is 21.7. The van der Waals surface area contributed by atoms with Gasteiger partial charge in [-0.25, -0.2) is 9.78 Å². The minimum Gasteiger partial charge on any atom is -0.480 e. The molecule has 0 spiro atoms. The van der Waals surface area contributed by atoms with Crippen LogP contribution in [0, 0.1) is 0 Å². The van der Waals surface area contributed by atoms with Crippen LogP contribution in [0.15, 0.2) is 43.0 Å². The number of hydrogen-bond acceptors (Lipinski definition) is 5. The number of H-pyrrole nitrogens is 2. The van der Waals surface area contributed by atoms with Crippen molar-refractivity contribution < 1.29 is 19.5 Å². The topological polar surface area (TPSA) is 166 Å². The van der Waals surface area contributed by atoms with E-state index < -0.39 is 35.9 Å². The number of carboxylic acids is 1. The Hall–Kier alpha value is -3.66. The van der Waals surface area contributed by atoms with Gasteiger partial charge in [-0.05, 0) is 25.0 Å². The van der Waals surface area contributed by atoms with Gasteiger partial charge in [-0.3, -0.25) is 9.59 Å².